The number of halogens is 1. The van der Waals surface area contributed by atoms with E-state index in [4.69, 9.17) is 10.2 Å². The van der Waals surface area contributed by atoms with Crippen molar-refractivity contribution in [3.63, 3.8) is 0 Å². The van der Waals surface area contributed by atoms with E-state index < -0.39 is 0 Å². The summed E-state index contributed by atoms with van der Waals surface area (Å²) in [5, 5.41) is 17.8. The van der Waals surface area contributed by atoms with Crippen LogP contribution in [0.25, 0.3) is 5.57 Å². The topological polar surface area (TPSA) is 40.5 Å². The maximum atomic E-state index is 13.3. The van der Waals surface area contributed by atoms with E-state index in [-0.39, 0.29) is 24.9 Å². The van der Waals surface area contributed by atoms with E-state index >= 15 is 0 Å². The summed E-state index contributed by atoms with van der Waals surface area (Å²) in [5.41, 5.74) is 1.05. The third kappa shape index (κ3) is 3.15. The summed E-state index contributed by atoms with van der Waals surface area (Å²) in [6, 6.07) is 6.36. The molecule has 15 heavy (non-hydrogen) atoms. The molecule has 0 saturated heterocycles. The number of hydrogen-bond donors (Lipinski definition) is 2. The molecule has 0 radical (unpaired) electrons. The molecule has 2 nitrogen and oxygen atoms in total. The molecule has 3 heteroatoms. The Bertz CT molecular complexity index is 332. The van der Waals surface area contributed by atoms with Crippen molar-refractivity contribution >= 4 is 5.57 Å². The van der Waals surface area contributed by atoms with Crippen LogP contribution in [-0.4, -0.2) is 23.4 Å². The molecule has 0 unspecified atom stereocenters. The highest BCUT2D eigenvalue weighted by Gasteiger charge is 2.11. The zero-order chi connectivity index (χ0) is 11.3. The van der Waals surface area contributed by atoms with E-state index in [2.05, 4.69) is 6.58 Å². The first kappa shape index (κ1) is 11.9. The van der Waals surface area contributed by atoms with Gasteiger partial charge in [0.05, 0.1) is 0 Å². The summed E-state index contributed by atoms with van der Waals surface area (Å²) >= 11 is 0. The molecule has 0 aliphatic carbocycles. The molecule has 0 bridgehead atoms. The molecule has 1 aromatic carbocycles. The zero-order valence-corrected chi connectivity index (χ0v) is 8.49. The number of rotatable bonds is 5. The van der Waals surface area contributed by atoms with Crippen molar-refractivity contribution < 1.29 is 14.6 Å². The Kier molecular flexibility index (Phi) is 4.46. The van der Waals surface area contributed by atoms with Gasteiger partial charge in [-0.2, -0.15) is 0 Å². The first-order valence-electron chi connectivity index (χ1n) is 4.83. The second kappa shape index (κ2) is 5.63. The van der Waals surface area contributed by atoms with Crippen LogP contribution in [0.5, 0.6) is 0 Å². The van der Waals surface area contributed by atoms with E-state index in [1.54, 1.807) is 18.2 Å². The number of aliphatic hydroxyl groups is 2. The van der Waals surface area contributed by atoms with Gasteiger partial charge in [-0.05, 0) is 18.1 Å². The summed E-state index contributed by atoms with van der Waals surface area (Å²) in [4.78, 5) is 0. The SMILES string of the molecule is C=C(CC(CO)CO)c1ccccc1F. The lowest BCUT2D eigenvalue weighted by atomic mass is 9.96. The van der Waals surface area contributed by atoms with Crippen molar-refractivity contribution in [3.05, 3.63) is 42.2 Å². The molecular weight excluding hydrogens is 195 g/mol. The summed E-state index contributed by atoms with van der Waals surface area (Å²) in [6.45, 7) is 3.52. The third-order valence-corrected chi connectivity index (χ3v) is 2.31. The third-order valence-electron chi connectivity index (χ3n) is 2.31. The van der Waals surface area contributed by atoms with Crippen molar-refractivity contribution in [1.82, 2.24) is 0 Å². The molecule has 0 atom stereocenters. The maximum Gasteiger partial charge on any atom is 0.130 e. The van der Waals surface area contributed by atoms with Gasteiger partial charge in [0, 0.05) is 24.7 Å². The quantitative estimate of drug-likeness (QED) is 0.778. The highest BCUT2D eigenvalue weighted by atomic mass is 19.1. The van der Waals surface area contributed by atoms with Gasteiger partial charge < -0.3 is 10.2 Å². The van der Waals surface area contributed by atoms with Crippen LogP contribution in [0.3, 0.4) is 0 Å². The number of allylic oxidation sites excluding steroid dienone is 1. The fraction of sp³-hybridized carbons (Fsp3) is 0.333. The van der Waals surface area contributed by atoms with Crippen molar-refractivity contribution in [1.29, 1.82) is 0 Å². The van der Waals surface area contributed by atoms with Gasteiger partial charge in [0.1, 0.15) is 5.82 Å². The van der Waals surface area contributed by atoms with Crippen LogP contribution in [0.2, 0.25) is 0 Å². The van der Waals surface area contributed by atoms with E-state index in [9.17, 15) is 4.39 Å². The molecule has 2 N–H and O–H groups in total. The number of benzene rings is 1. The first-order valence-corrected chi connectivity index (χ1v) is 4.83. The Morgan fingerprint density at radius 2 is 1.87 bits per heavy atom. The maximum absolute atomic E-state index is 13.3. The molecule has 1 aromatic rings. The van der Waals surface area contributed by atoms with Crippen LogP contribution in [0, 0.1) is 11.7 Å². The first-order chi connectivity index (χ1) is 7.19. The van der Waals surface area contributed by atoms with E-state index in [0.717, 1.165) is 0 Å². The Balaban J connectivity index is 2.73. The van der Waals surface area contributed by atoms with Gasteiger partial charge in [-0.25, -0.2) is 4.39 Å². The fourth-order valence-corrected chi connectivity index (χ4v) is 1.39. The van der Waals surface area contributed by atoms with Crippen LogP contribution in [0.1, 0.15) is 12.0 Å². The summed E-state index contributed by atoms with van der Waals surface area (Å²) in [5.74, 6) is -0.589. The average Bonchev–Trinajstić information content (AvgIpc) is 2.26. The summed E-state index contributed by atoms with van der Waals surface area (Å²) in [6.07, 6.45) is 0.397. The van der Waals surface area contributed by atoms with Crippen molar-refractivity contribution in [2.24, 2.45) is 5.92 Å². The normalized spacial score (nSPS) is 10.7. The molecular formula is C12H15FO2. The lowest BCUT2D eigenvalue weighted by Gasteiger charge is -2.13. The van der Waals surface area contributed by atoms with E-state index in [1.807, 2.05) is 0 Å². The molecule has 0 spiro atoms. The number of aliphatic hydroxyl groups excluding tert-OH is 2. The van der Waals surface area contributed by atoms with Gasteiger partial charge in [0.2, 0.25) is 0 Å². The van der Waals surface area contributed by atoms with E-state index in [1.165, 1.54) is 6.07 Å². The van der Waals surface area contributed by atoms with Crippen molar-refractivity contribution in [2.75, 3.05) is 13.2 Å². The van der Waals surface area contributed by atoms with Gasteiger partial charge in [-0.1, -0.05) is 24.8 Å². The Morgan fingerprint density at radius 3 is 2.40 bits per heavy atom. The monoisotopic (exact) mass is 210 g/mol. The fourth-order valence-electron chi connectivity index (χ4n) is 1.39. The van der Waals surface area contributed by atoms with Crippen molar-refractivity contribution in [2.45, 2.75) is 6.42 Å². The molecule has 0 amide bonds. The summed E-state index contributed by atoms with van der Waals surface area (Å²) < 4.78 is 13.3. The van der Waals surface area contributed by atoms with Crippen molar-refractivity contribution in [3.8, 4) is 0 Å². The van der Waals surface area contributed by atoms with Crippen LogP contribution in [-0.2, 0) is 0 Å². The molecule has 0 heterocycles. The van der Waals surface area contributed by atoms with Crippen LogP contribution >= 0.6 is 0 Å². The van der Waals surface area contributed by atoms with Crippen LogP contribution < -0.4 is 0 Å². The minimum Gasteiger partial charge on any atom is -0.396 e. The van der Waals surface area contributed by atoms with Crippen LogP contribution in [0.15, 0.2) is 30.8 Å². The second-order valence-corrected chi connectivity index (χ2v) is 3.52. The Morgan fingerprint density at radius 1 is 1.27 bits per heavy atom. The molecule has 1 rings (SSSR count). The predicted octanol–water partition coefficient (Wildman–Crippen LogP) is 1.83. The predicted molar refractivity (Wildman–Crippen MR) is 57.7 cm³/mol. The number of hydrogen-bond acceptors (Lipinski definition) is 2. The molecule has 82 valence electrons. The molecule has 0 aliphatic heterocycles. The minimum atomic E-state index is -0.322. The lowest BCUT2D eigenvalue weighted by molar-refractivity contribution is 0.153. The Labute approximate surface area is 88.7 Å². The largest absolute Gasteiger partial charge is 0.396 e. The molecule has 0 fully saturated rings. The van der Waals surface area contributed by atoms with Gasteiger partial charge in [-0.15, -0.1) is 0 Å². The summed E-state index contributed by atoms with van der Waals surface area (Å²) in [7, 11) is 0. The molecule has 0 saturated carbocycles. The molecule has 0 aromatic heterocycles. The minimum absolute atomic E-state index is 0.121. The highest BCUT2D eigenvalue weighted by molar-refractivity contribution is 5.63. The molecule has 0 aliphatic rings. The van der Waals surface area contributed by atoms with Gasteiger partial charge >= 0.3 is 0 Å². The Hall–Kier alpha value is -1.19. The van der Waals surface area contributed by atoms with Crippen LogP contribution in [0.4, 0.5) is 4.39 Å². The zero-order valence-electron chi connectivity index (χ0n) is 8.49. The standard InChI is InChI=1S/C12H15FO2/c1-9(6-10(7-14)8-15)11-4-2-3-5-12(11)13/h2-5,10,14-15H,1,6-8H2. The second-order valence-electron chi connectivity index (χ2n) is 3.52. The smallest absolute Gasteiger partial charge is 0.130 e. The lowest BCUT2D eigenvalue weighted by Crippen LogP contribution is -2.11. The van der Waals surface area contributed by atoms with Gasteiger partial charge in [0.25, 0.3) is 0 Å². The highest BCUT2D eigenvalue weighted by Crippen LogP contribution is 2.22. The van der Waals surface area contributed by atoms with E-state index in [0.29, 0.717) is 17.6 Å². The van der Waals surface area contributed by atoms with Gasteiger partial charge in [-0.3, -0.25) is 0 Å². The average molecular weight is 210 g/mol. The van der Waals surface area contributed by atoms with Gasteiger partial charge in [0.15, 0.2) is 0 Å².